The van der Waals surface area contributed by atoms with Gasteiger partial charge < -0.3 is 29.9 Å². The molecule has 2 amide bonds. The summed E-state index contributed by atoms with van der Waals surface area (Å²) < 4.78 is 9.64. The second-order valence-corrected chi connectivity index (χ2v) is 5.84. The zero-order chi connectivity index (χ0) is 19.9. The fraction of sp³-hybridized carbons (Fsp3) is 0.625. The lowest BCUT2D eigenvalue weighted by molar-refractivity contribution is -0.140. The highest BCUT2D eigenvalue weighted by atomic mass is 16.5. The monoisotopic (exact) mass is 372 g/mol. The normalized spacial score (nSPS) is 10.8. The SMILES string of the molecule is CN(C)CC(=O)NCCOC(=O)/C=C/C(=O)OCCNC(=O)CN(C)C. The van der Waals surface area contributed by atoms with Crippen LogP contribution in [-0.2, 0) is 28.7 Å². The van der Waals surface area contributed by atoms with Gasteiger partial charge in [0.05, 0.1) is 26.2 Å². The summed E-state index contributed by atoms with van der Waals surface area (Å²) in [4.78, 5) is 48.9. The van der Waals surface area contributed by atoms with Crippen molar-refractivity contribution in [2.24, 2.45) is 0 Å². The summed E-state index contributed by atoms with van der Waals surface area (Å²) in [5.41, 5.74) is 0. The van der Waals surface area contributed by atoms with Crippen LogP contribution in [0.3, 0.4) is 0 Å². The minimum Gasteiger partial charge on any atom is -0.461 e. The zero-order valence-electron chi connectivity index (χ0n) is 15.7. The van der Waals surface area contributed by atoms with Crippen LogP contribution >= 0.6 is 0 Å². The van der Waals surface area contributed by atoms with Crippen LogP contribution in [0.2, 0.25) is 0 Å². The summed E-state index contributed by atoms with van der Waals surface area (Å²) in [5, 5.41) is 5.16. The number of carbonyl (C=O) groups is 4. The van der Waals surface area contributed by atoms with Gasteiger partial charge in [0.15, 0.2) is 0 Å². The minimum atomic E-state index is -0.719. The van der Waals surface area contributed by atoms with Gasteiger partial charge in [-0.25, -0.2) is 9.59 Å². The van der Waals surface area contributed by atoms with E-state index in [1.54, 1.807) is 38.0 Å². The molecule has 26 heavy (non-hydrogen) atoms. The molecule has 10 nitrogen and oxygen atoms in total. The van der Waals surface area contributed by atoms with Crippen LogP contribution in [0.25, 0.3) is 0 Å². The largest absolute Gasteiger partial charge is 0.461 e. The van der Waals surface area contributed by atoms with Crippen molar-refractivity contribution in [2.45, 2.75) is 0 Å². The van der Waals surface area contributed by atoms with Gasteiger partial charge in [0, 0.05) is 12.2 Å². The molecule has 0 heterocycles. The Balaban J connectivity index is 3.77. The number of nitrogens with one attached hydrogen (secondary N) is 2. The van der Waals surface area contributed by atoms with Crippen LogP contribution in [0.5, 0.6) is 0 Å². The molecule has 0 fully saturated rings. The molecule has 2 N–H and O–H groups in total. The second kappa shape index (κ2) is 13.8. The third kappa shape index (κ3) is 15.1. The van der Waals surface area contributed by atoms with Crippen molar-refractivity contribution in [2.75, 3.05) is 67.6 Å². The molecule has 0 aromatic heterocycles. The van der Waals surface area contributed by atoms with Gasteiger partial charge in [-0.2, -0.15) is 0 Å². The van der Waals surface area contributed by atoms with Crippen molar-refractivity contribution in [3.63, 3.8) is 0 Å². The van der Waals surface area contributed by atoms with Crippen LogP contribution < -0.4 is 10.6 Å². The number of hydrogen-bond donors (Lipinski definition) is 2. The van der Waals surface area contributed by atoms with Crippen molar-refractivity contribution >= 4 is 23.8 Å². The molecule has 0 aliphatic heterocycles. The van der Waals surface area contributed by atoms with Crippen molar-refractivity contribution in [1.82, 2.24) is 20.4 Å². The molecule has 148 valence electrons. The lowest BCUT2D eigenvalue weighted by atomic mass is 10.5. The predicted octanol–water partition coefficient (Wildman–Crippen LogP) is -2.02. The molecule has 0 saturated carbocycles. The van der Waals surface area contributed by atoms with Gasteiger partial charge in [0.25, 0.3) is 0 Å². The smallest absolute Gasteiger partial charge is 0.331 e. The Bertz CT molecular complexity index is 461. The first-order valence-corrected chi connectivity index (χ1v) is 8.05. The van der Waals surface area contributed by atoms with Gasteiger partial charge in [-0.3, -0.25) is 9.59 Å². The van der Waals surface area contributed by atoms with Crippen LogP contribution in [0, 0.1) is 0 Å². The van der Waals surface area contributed by atoms with Crippen LogP contribution in [0.1, 0.15) is 0 Å². The van der Waals surface area contributed by atoms with E-state index in [9.17, 15) is 19.2 Å². The van der Waals surface area contributed by atoms with E-state index in [1.807, 2.05) is 0 Å². The number of ether oxygens (including phenoxy) is 2. The summed E-state index contributed by atoms with van der Waals surface area (Å²) >= 11 is 0. The van der Waals surface area contributed by atoms with E-state index in [4.69, 9.17) is 9.47 Å². The maximum Gasteiger partial charge on any atom is 0.331 e. The van der Waals surface area contributed by atoms with Crippen molar-refractivity contribution in [3.8, 4) is 0 Å². The number of likely N-dealkylation sites (N-methyl/N-ethyl adjacent to an activating group) is 2. The Kier molecular flexibility index (Phi) is 12.5. The van der Waals surface area contributed by atoms with Crippen molar-refractivity contribution in [3.05, 3.63) is 12.2 Å². The van der Waals surface area contributed by atoms with Crippen LogP contribution in [-0.4, -0.2) is 101 Å². The number of nitrogens with zero attached hydrogens (tertiary/aromatic N) is 2. The van der Waals surface area contributed by atoms with E-state index >= 15 is 0 Å². The molecule has 10 heteroatoms. The minimum absolute atomic E-state index is 0.00467. The van der Waals surface area contributed by atoms with E-state index in [2.05, 4.69) is 10.6 Å². The molecule has 0 radical (unpaired) electrons. The number of hydrogen-bond acceptors (Lipinski definition) is 8. The van der Waals surface area contributed by atoms with E-state index in [0.29, 0.717) is 0 Å². The molecular formula is C16H28N4O6. The lowest BCUT2D eigenvalue weighted by Crippen LogP contribution is -2.35. The molecule has 0 unspecified atom stereocenters. The summed E-state index contributed by atoms with van der Waals surface area (Å²) in [7, 11) is 7.06. The van der Waals surface area contributed by atoms with Gasteiger partial charge in [0.1, 0.15) is 13.2 Å². The highest BCUT2D eigenvalue weighted by molar-refractivity contribution is 5.91. The van der Waals surface area contributed by atoms with Gasteiger partial charge >= 0.3 is 11.9 Å². The molecule has 0 aromatic carbocycles. The standard InChI is InChI=1S/C16H28N4O6/c1-19(2)11-13(21)17-7-9-25-15(23)5-6-16(24)26-10-8-18-14(22)12-20(3)4/h5-6H,7-12H2,1-4H3,(H,17,21)(H,18,22)/b6-5+. The molecule has 0 atom stereocenters. The Labute approximate surface area is 153 Å². The van der Waals surface area contributed by atoms with E-state index in [0.717, 1.165) is 12.2 Å². The van der Waals surface area contributed by atoms with E-state index in [-0.39, 0.29) is 51.2 Å². The number of carbonyl (C=O) groups excluding carboxylic acids is 4. The summed E-state index contributed by atoms with van der Waals surface area (Å²) in [6, 6.07) is 0. The van der Waals surface area contributed by atoms with Gasteiger partial charge in [0.2, 0.25) is 11.8 Å². The summed E-state index contributed by atoms with van der Waals surface area (Å²) in [5.74, 6) is -1.79. The third-order valence-corrected chi connectivity index (χ3v) is 2.61. The average Bonchev–Trinajstić information content (AvgIpc) is 2.52. The maximum absolute atomic E-state index is 11.4. The molecule has 0 rings (SSSR count). The summed E-state index contributed by atoms with van der Waals surface area (Å²) in [6.07, 6.45) is 1.88. The third-order valence-electron chi connectivity index (χ3n) is 2.61. The molecular weight excluding hydrogens is 344 g/mol. The number of esters is 2. The Hall–Kier alpha value is -2.46. The fourth-order valence-corrected chi connectivity index (χ4v) is 1.60. The highest BCUT2D eigenvalue weighted by Crippen LogP contribution is 1.86. The van der Waals surface area contributed by atoms with Crippen molar-refractivity contribution < 1.29 is 28.7 Å². The molecule has 0 aliphatic carbocycles. The molecule has 0 saturated heterocycles. The van der Waals surface area contributed by atoms with Gasteiger partial charge in [-0.1, -0.05) is 0 Å². The predicted molar refractivity (Wildman–Crippen MR) is 94.2 cm³/mol. The van der Waals surface area contributed by atoms with Crippen molar-refractivity contribution in [1.29, 1.82) is 0 Å². The fourth-order valence-electron chi connectivity index (χ4n) is 1.60. The Morgan fingerprint density at radius 1 is 0.731 bits per heavy atom. The molecule has 0 aromatic rings. The van der Waals surface area contributed by atoms with Crippen LogP contribution in [0.15, 0.2) is 12.2 Å². The second-order valence-electron chi connectivity index (χ2n) is 5.84. The maximum atomic E-state index is 11.4. The number of rotatable bonds is 12. The lowest BCUT2D eigenvalue weighted by Gasteiger charge is -2.10. The molecule has 0 aliphatic rings. The quantitative estimate of drug-likeness (QED) is 0.229. The van der Waals surface area contributed by atoms with Crippen LogP contribution in [0.4, 0.5) is 0 Å². The van der Waals surface area contributed by atoms with E-state index in [1.165, 1.54) is 0 Å². The highest BCUT2D eigenvalue weighted by Gasteiger charge is 2.05. The zero-order valence-corrected chi connectivity index (χ0v) is 15.7. The Morgan fingerprint density at radius 3 is 1.38 bits per heavy atom. The first-order valence-electron chi connectivity index (χ1n) is 8.05. The van der Waals surface area contributed by atoms with Gasteiger partial charge in [-0.05, 0) is 28.2 Å². The molecule has 0 bridgehead atoms. The number of amides is 2. The molecule has 0 spiro atoms. The average molecular weight is 372 g/mol. The topological polar surface area (TPSA) is 117 Å². The first kappa shape index (κ1) is 23.5. The van der Waals surface area contributed by atoms with E-state index < -0.39 is 11.9 Å². The Morgan fingerprint density at radius 2 is 1.08 bits per heavy atom. The summed E-state index contributed by atoms with van der Waals surface area (Å²) in [6.45, 7) is 0.849. The van der Waals surface area contributed by atoms with Gasteiger partial charge in [-0.15, -0.1) is 0 Å². The first-order chi connectivity index (χ1) is 12.2.